The molecule has 0 aliphatic heterocycles. The molecule has 0 unspecified atom stereocenters. The van der Waals surface area contributed by atoms with Crippen molar-refractivity contribution in [1.82, 2.24) is 4.98 Å². The van der Waals surface area contributed by atoms with Crippen LogP contribution >= 0.6 is 0 Å². The van der Waals surface area contributed by atoms with Crippen LogP contribution in [0, 0.1) is 0 Å². The molecule has 98 valence electrons. The predicted octanol–water partition coefficient (Wildman–Crippen LogP) is 3.74. The van der Waals surface area contributed by atoms with Gasteiger partial charge in [0, 0.05) is 6.20 Å². The van der Waals surface area contributed by atoms with E-state index in [-0.39, 0.29) is 0 Å². The molecule has 0 aliphatic rings. The summed E-state index contributed by atoms with van der Waals surface area (Å²) >= 11 is 0. The van der Waals surface area contributed by atoms with E-state index in [1.54, 1.807) is 13.0 Å². The Kier molecular flexibility index (Phi) is 4.47. The largest absolute Gasteiger partial charge is 0.433 e. The topological polar surface area (TPSA) is 45.5 Å². The number of hydrogen-bond donors (Lipinski definition) is 1. The lowest BCUT2D eigenvalue weighted by Crippen LogP contribution is -2.07. The molecule has 18 heavy (non-hydrogen) atoms. The molecule has 1 aromatic heterocycles. The molecule has 0 aromatic carbocycles. The van der Waals surface area contributed by atoms with Crippen LogP contribution in [0.3, 0.4) is 0 Å². The summed E-state index contributed by atoms with van der Waals surface area (Å²) in [6.07, 6.45) is -1.14. The van der Waals surface area contributed by atoms with E-state index >= 15 is 0 Å². The summed E-state index contributed by atoms with van der Waals surface area (Å²) < 4.78 is 36.9. The third-order valence-corrected chi connectivity index (χ3v) is 2.37. The van der Waals surface area contributed by atoms with Gasteiger partial charge >= 0.3 is 6.18 Å². The normalized spacial score (nSPS) is 13.8. The molecule has 0 spiro atoms. The highest BCUT2D eigenvalue weighted by molar-refractivity contribution is 6.02. The van der Waals surface area contributed by atoms with Gasteiger partial charge in [0.25, 0.3) is 0 Å². The summed E-state index contributed by atoms with van der Waals surface area (Å²) in [6, 6.07) is 2.24. The molecule has 0 atom stereocenters. The molecule has 0 saturated heterocycles. The van der Waals surface area contributed by atoms with Gasteiger partial charge < -0.3 is 5.21 Å². The number of nitrogens with zero attached hydrogens (tertiary/aromatic N) is 2. The Balaban J connectivity index is 2.97. The summed E-state index contributed by atoms with van der Waals surface area (Å²) in [5, 5.41) is 11.8. The van der Waals surface area contributed by atoms with Crippen LogP contribution in [0.15, 0.2) is 29.1 Å². The zero-order valence-corrected chi connectivity index (χ0v) is 9.99. The maximum atomic E-state index is 12.3. The molecule has 0 bridgehead atoms. The fourth-order valence-corrected chi connectivity index (χ4v) is 1.42. The number of oxime groups is 1. The minimum atomic E-state index is -4.43. The third-order valence-electron chi connectivity index (χ3n) is 2.37. The molecule has 1 N–H and O–H groups in total. The molecule has 1 aromatic rings. The van der Waals surface area contributed by atoms with Gasteiger partial charge in [0.05, 0.1) is 5.71 Å². The van der Waals surface area contributed by atoms with Gasteiger partial charge in [-0.2, -0.15) is 13.2 Å². The highest BCUT2D eigenvalue weighted by atomic mass is 19.4. The van der Waals surface area contributed by atoms with E-state index in [0.717, 1.165) is 12.3 Å². The summed E-state index contributed by atoms with van der Waals surface area (Å²) in [6.45, 7) is 3.54. The Labute approximate surface area is 103 Å². The van der Waals surface area contributed by atoms with Crippen molar-refractivity contribution < 1.29 is 18.4 Å². The van der Waals surface area contributed by atoms with Crippen LogP contribution in [0.5, 0.6) is 0 Å². The maximum Gasteiger partial charge on any atom is 0.433 e. The molecule has 3 nitrogen and oxygen atoms in total. The van der Waals surface area contributed by atoms with E-state index in [9.17, 15) is 13.2 Å². The minimum Gasteiger partial charge on any atom is -0.411 e. The Morgan fingerprint density at radius 2 is 2.11 bits per heavy atom. The van der Waals surface area contributed by atoms with Crippen LogP contribution in [0.25, 0.3) is 6.08 Å². The molecule has 1 heterocycles. The zero-order valence-electron chi connectivity index (χ0n) is 9.99. The standard InChI is InChI=1S/C12H13F3N2O/c1-3-10(17-18)8(2)6-9-4-5-11(16-7-9)12(13,14)15/h4-7,18H,3H2,1-2H3/b8-6+,17-10?. The van der Waals surface area contributed by atoms with Crippen molar-refractivity contribution in [2.24, 2.45) is 5.16 Å². The smallest absolute Gasteiger partial charge is 0.411 e. The summed E-state index contributed by atoms with van der Waals surface area (Å²) in [5.41, 5.74) is 0.760. The Hall–Kier alpha value is -1.85. The van der Waals surface area contributed by atoms with Crippen molar-refractivity contribution in [3.8, 4) is 0 Å². The first-order valence-electron chi connectivity index (χ1n) is 5.31. The number of pyridine rings is 1. The predicted molar refractivity (Wildman–Crippen MR) is 62.4 cm³/mol. The van der Waals surface area contributed by atoms with E-state index in [0.29, 0.717) is 23.3 Å². The second-order valence-corrected chi connectivity index (χ2v) is 3.70. The monoisotopic (exact) mass is 258 g/mol. The van der Waals surface area contributed by atoms with Crippen LogP contribution in [0.4, 0.5) is 13.2 Å². The van der Waals surface area contributed by atoms with E-state index < -0.39 is 11.9 Å². The van der Waals surface area contributed by atoms with Gasteiger partial charge in [0.1, 0.15) is 5.69 Å². The molecular formula is C12H13F3N2O. The molecule has 0 radical (unpaired) electrons. The average Bonchev–Trinajstić information content (AvgIpc) is 2.30. The first kappa shape index (κ1) is 14.2. The van der Waals surface area contributed by atoms with Crippen molar-refractivity contribution in [2.45, 2.75) is 26.4 Å². The van der Waals surface area contributed by atoms with Gasteiger partial charge in [-0.05, 0) is 36.6 Å². The van der Waals surface area contributed by atoms with Gasteiger partial charge in [0.2, 0.25) is 0 Å². The Bertz CT molecular complexity index is 461. The average molecular weight is 258 g/mol. The number of allylic oxidation sites excluding steroid dienone is 1. The van der Waals surface area contributed by atoms with Gasteiger partial charge in [-0.3, -0.25) is 4.98 Å². The lowest BCUT2D eigenvalue weighted by Gasteiger charge is -2.05. The van der Waals surface area contributed by atoms with Gasteiger partial charge in [-0.25, -0.2) is 0 Å². The summed E-state index contributed by atoms with van der Waals surface area (Å²) in [4.78, 5) is 3.34. The molecular weight excluding hydrogens is 245 g/mol. The van der Waals surface area contributed by atoms with E-state index in [4.69, 9.17) is 5.21 Å². The van der Waals surface area contributed by atoms with Crippen LogP contribution in [0.1, 0.15) is 31.5 Å². The van der Waals surface area contributed by atoms with Crippen LogP contribution in [0.2, 0.25) is 0 Å². The molecule has 1 rings (SSSR count). The maximum absolute atomic E-state index is 12.3. The fraction of sp³-hybridized carbons (Fsp3) is 0.333. The Morgan fingerprint density at radius 1 is 1.44 bits per heavy atom. The lowest BCUT2D eigenvalue weighted by molar-refractivity contribution is -0.141. The first-order valence-corrected chi connectivity index (χ1v) is 5.31. The third kappa shape index (κ3) is 3.58. The summed E-state index contributed by atoms with van der Waals surface area (Å²) in [7, 11) is 0. The quantitative estimate of drug-likeness (QED) is 0.510. The highest BCUT2D eigenvalue weighted by Gasteiger charge is 2.31. The molecule has 6 heteroatoms. The number of rotatable bonds is 3. The van der Waals surface area contributed by atoms with E-state index in [1.165, 1.54) is 6.07 Å². The van der Waals surface area contributed by atoms with Crippen LogP contribution < -0.4 is 0 Å². The number of hydrogen-bond acceptors (Lipinski definition) is 3. The van der Waals surface area contributed by atoms with Crippen molar-refractivity contribution in [3.63, 3.8) is 0 Å². The molecule has 0 fully saturated rings. The highest BCUT2D eigenvalue weighted by Crippen LogP contribution is 2.27. The number of aromatic nitrogens is 1. The van der Waals surface area contributed by atoms with Crippen molar-refractivity contribution in [2.75, 3.05) is 0 Å². The van der Waals surface area contributed by atoms with E-state index in [2.05, 4.69) is 10.1 Å². The fourth-order valence-electron chi connectivity index (χ4n) is 1.42. The molecule has 0 amide bonds. The van der Waals surface area contributed by atoms with Gasteiger partial charge in [0.15, 0.2) is 0 Å². The van der Waals surface area contributed by atoms with Crippen molar-refractivity contribution in [3.05, 3.63) is 35.2 Å². The second kappa shape index (κ2) is 5.66. The van der Waals surface area contributed by atoms with E-state index in [1.807, 2.05) is 6.92 Å². The lowest BCUT2D eigenvalue weighted by atomic mass is 10.1. The van der Waals surface area contributed by atoms with Crippen LogP contribution in [-0.4, -0.2) is 15.9 Å². The van der Waals surface area contributed by atoms with Crippen molar-refractivity contribution >= 4 is 11.8 Å². The van der Waals surface area contributed by atoms with Crippen molar-refractivity contribution in [1.29, 1.82) is 0 Å². The minimum absolute atomic E-state index is 0.481. The Morgan fingerprint density at radius 3 is 2.50 bits per heavy atom. The van der Waals surface area contributed by atoms with Crippen LogP contribution in [-0.2, 0) is 6.18 Å². The summed E-state index contributed by atoms with van der Waals surface area (Å²) in [5.74, 6) is 0. The number of halogens is 3. The SMILES string of the molecule is CCC(=NO)/C(C)=C/c1ccc(C(F)(F)F)nc1. The zero-order chi connectivity index (χ0) is 13.8. The number of alkyl halides is 3. The molecule has 0 aliphatic carbocycles. The second-order valence-electron chi connectivity index (χ2n) is 3.70. The first-order chi connectivity index (χ1) is 8.38. The van der Waals surface area contributed by atoms with Gasteiger partial charge in [-0.1, -0.05) is 18.1 Å². The molecule has 0 saturated carbocycles. The van der Waals surface area contributed by atoms with Gasteiger partial charge in [-0.15, -0.1) is 0 Å².